The number of benzene rings is 3. The van der Waals surface area contributed by atoms with Crippen LogP contribution < -0.4 is 14.8 Å². The zero-order valence-corrected chi connectivity index (χ0v) is 20.2. The van der Waals surface area contributed by atoms with Crippen molar-refractivity contribution in [2.75, 3.05) is 19.5 Å². The lowest BCUT2D eigenvalue weighted by Crippen LogP contribution is -2.50. The Balaban J connectivity index is 1.91. The minimum absolute atomic E-state index is 0.106. The van der Waals surface area contributed by atoms with Crippen LogP contribution in [0.4, 0.5) is 5.69 Å². The highest BCUT2D eigenvalue weighted by Gasteiger charge is 2.33. The van der Waals surface area contributed by atoms with Crippen molar-refractivity contribution in [2.24, 2.45) is 5.92 Å². The summed E-state index contributed by atoms with van der Waals surface area (Å²) in [7, 11) is 3.11. The van der Waals surface area contributed by atoms with E-state index < -0.39 is 6.04 Å². The minimum atomic E-state index is -0.678. The number of amides is 2. The van der Waals surface area contributed by atoms with Crippen molar-refractivity contribution in [3.63, 3.8) is 0 Å². The van der Waals surface area contributed by atoms with Gasteiger partial charge in [-0.25, -0.2) is 0 Å². The second kappa shape index (κ2) is 11.9. The highest BCUT2D eigenvalue weighted by atomic mass is 16.5. The fraction of sp³-hybridized carbons (Fsp3) is 0.286. The van der Waals surface area contributed by atoms with Gasteiger partial charge in [-0.2, -0.15) is 0 Å². The Labute approximate surface area is 201 Å². The van der Waals surface area contributed by atoms with Gasteiger partial charge in [-0.05, 0) is 29.2 Å². The third-order valence-electron chi connectivity index (χ3n) is 5.62. The van der Waals surface area contributed by atoms with Crippen LogP contribution in [-0.4, -0.2) is 37.0 Å². The molecule has 3 aromatic carbocycles. The molecule has 178 valence electrons. The monoisotopic (exact) mass is 460 g/mol. The van der Waals surface area contributed by atoms with Crippen molar-refractivity contribution in [1.82, 2.24) is 4.90 Å². The van der Waals surface area contributed by atoms with Gasteiger partial charge >= 0.3 is 0 Å². The molecule has 0 aliphatic carbocycles. The summed E-state index contributed by atoms with van der Waals surface area (Å²) in [5.74, 6) is 0.619. The van der Waals surface area contributed by atoms with E-state index in [4.69, 9.17) is 9.47 Å². The predicted octanol–water partition coefficient (Wildman–Crippen LogP) is 4.94. The molecule has 0 bridgehead atoms. The number of hydrogen-bond donors (Lipinski definition) is 1. The summed E-state index contributed by atoms with van der Waals surface area (Å²) in [6, 6.07) is 23.8. The molecule has 0 heterocycles. The largest absolute Gasteiger partial charge is 0.497 e. The average molecular weight is 461 g/mol. The quantitative estimate of drug-likeness (QED) is 0.465. The summed E-state index contributed by atoms with van der Waals surface area (Å²) < 4.78 is 10.7. The van der Waals surface area contributed by atoms with E-state index >= 15 is 0 Å². The number of carbonyl (C=O) groups excluding carboxylic acids is 2. The summed E-state index contributed by atoms with van der Waals surface area (Å²) in [5, 5.41) is 2.97. The average Bonchev–Trinajstić information content (AvgIpc) is 2.85. The fourth-order valence-corrected chi connectivity index (χ4v) is 3.91. The topological polar surface area (TPSA) is 67.9 Å². The molecule has 0 radical (unpaired) electrons. The normalized spacial score (nSPS) is 11.6. The third-order valence-corrected chi connectivity index (χ3v) is 5.62. The number of methoxy groups -OCH3 is 2. The van der Waals surface area contributed by atoms with Crippen molar-refractivity contribution in [1.29, 1.82) is 0 Å². The van der Waals surface area contributed by atoms with E-state index in [0.717, 1.165) is 11.1 Å². The van der Waals surface area contributed by atoms with Crippen LogP contribution in [0.25, 0.3) is 0 Å². The molecule has 2 amide bonds. The number of ether oxygens (including phenoxy) is 2. The highest BCUT2D eigenvalue weighted by Crippen LogP contribution is 2.30. The van der Waals surface area contributed by atoms with E-state index in [1.54, 1.807) is 30.2 Å². The first-order valence-corrected chi connectivity index (χ1v) is 11.3. The molecule has 0 fully saturated rings. The van der Waals surface area contributed by atoms with Crippen molar-refractivity contribution in [3.05, 3.63) is 90.0 Å². The van der Waals surface area contributed by atoms with Crippen molar-refractivity contribution < 1.29 is 19.1 Å². The summed E-state index contributed by atoms with van der Waals surface area (Å²) >= 11 is 0. The highest BCUT2D eigenvalue weighted by molar-refractivity contribution is 5.98. The van der Waals surface area contributed by atoms with Crippen LogP contribution in [0.15, 0.2) is 78.9 Å². The standard InChI is InChI=1S/C28H32N2O4/c1-20(2)27(28(32)29-24-16-15-23(33-3)18-25(24)34-4)30(19-22-13-9-6-10-14-22)26(31)17-21-11-7-5-8-12-21/h5-16,18,20,27H,17,19H2,1-4H3,(H,29,32). The molecule has 0 spiro atoms. The first kappa shape index (κ1) is 24.8. The molecule has 0 aliphatic rings. The fourth-order valence-electron chi connectivity index (χ4n) is 3.91. The first-order valence-electron chi connectivity index (χ1n) is 11.3. The van der Waals surface area contributed by atoms with Crippen molar-refractivity contribution >= 4 is 17.5 Å². The number of carbonyl (C=O) groups is 2. The van der Waals surface area contributed by atoms with Crippen LogP contribution in [-0.2, 0) is 22.6 Å². The third kappa shape index (κ3) is 6.38. The molecule has 3 aromatic rings. The van der Waals surface area contributed by atoms with Gasteiger partial charge in [0.1, 0.15) is 17.5 Å². The van der Waals surface area contributed by atoms with Crippen LogP contribution in [0.5, 0.6) is 11.5 Å². The number of anilines is 1. The molecule has 6 heteroatoms. The van der Waals surface area contributed by atoms with Crippen LogP contribution in [0.2, 0.25) is 0 Å². The van der Waals surface area contributed by atoms with Gasteiger partial charge in [0.2, 0.25) is 11.8 Å². The van der Waals surface area contributed by atoms with Crippen LogP contribution >= 0.6 is 0 Å². The molecule has 1 unspecified atom stereocenters. The molecule has 3 rings (SSSR count). The zero-order valence-electron chi connectivity index (χ0n) is 20.2. The Morgan fingerprint density at radius 2 is 1.47 bits per heavy atom. The van der Waals surface area contributed by atoms with Gasteiger partial charge in [0.05, 0.1) is 26.3 Å². The van der Waals surface area contributed by atoms with Gasteiger partial charge in [0, 0.05) is 12.6 Å². The van der Waals surface area contributed by atoms with E-state index in [2.05, 4.69) is 5.32 Å². The molecule has 34 heavy (non-hydrogen) atoms. The summed E-state index contributed by atoms with van der Waals surface area (Å²) in [4.78, 5) is 28.8. The molecular formula is C28H32N2O4. The number of nitrogens with zero attached hydrogens (tertiary/aromatic N) is 1. The molecule has 0 aromatic heterocycles. The van der Waals surface area contributed by atoms with E-state index in [1.165, 1.54) is 7.11 Å². The Morgan fingerprint density at radius 1 is 0.853 bits per heavy atom. The van der Waals surface area contributed by atoms with Gasteiger partial charge in [-0.1, -0.05) is 74.5 Å². The molecule has 0 saturated carbocycles. The lowest BCUT2D eigenvalue weighted by molar-refractivity contribution is -0.140. The lowest BCUT2D eigenvalue weighted by Gasteiger charge is -2.34. The van der Waals surface area contributed by atoms with Gasteiger partial charge in [-0.15, -0.1) is 0 Å². The second-order valence-corrected chi connectivity index (χ2v) is 8.41. The zero-order chi connectivity index (χ0) is 24.5. The van der Waals surface area contributed by atoms with Gasteiger partial charge < -0.3 is 19.7 Å². The Bertz CT molecular complexity index is 1080. The van der Waals surface area contributed by atoms with Gasteiger partial charge in [0.25, 0.3) is 0 Å². The van der Waals surface area contributed by atoms with E-state index in [-0.39, 0.29) is 24.2 Å². The lowest BCUT2D eigenvalue weighted by atomic mass is 9.99. The van der Waals surface area contributed by atoms with Crippen LogP contribution in [0.1, 0.15) is 25.0 Å². The first-order chi connectivity index (χ1) is 16.4. The maximum atomic E-state index is 13.6. The number of hydrogen-bond acceptors (Lipinski definition) is 4. The molecule has 1 N–H and O–H groups in total. The summed E-state index contributed by atoms with van der Waals surface area (Å²) in [5.41, 5.74) is 2.39. The van der Waals surface area contributed by atoms with Crippen molar-refractivity contribution in [2.45, 2.75) is 32.9 Å². The smallest absolute Gasteiger partial charge is 0.247 e. The van der Waals surface area contributed by atoms with E-state index in [9.17, 15) is 9.59 Å². The molecular weight excluding hydrogens is 428 g/mol. The van der Waals surface area contributed by atoms with Gasteiger partial charge in [0.15, 0.2) is 0 Å². The Hall–Kier alpha value is -3.80. The predicted molar refractivity (Wildman–Crippen MR) is 134 cm³/mol. The second-order valence-electron chi connectivity index (χ2n) is 8.41. The molecule has 0 saturated heterocycles. The molecule has 1 atom stereocenters. The minimum Gasteiger partial charge on any atom is -0.497 e. The maximum absolute atomic E-state index is 13.6. The Morgan fingerprint density at radius 3 is 2.03 bits per heavy atom. The molecule has 0 aliphatic heterocycles. The van der Waals surface area contributed by atoms with Gasteiger partial charge in [-0.3, -0.25) is 9.59 Å². The summed E-state index contributed by atoms with van der Waals surface area (Å²) in [6.45, 7) is 4.23. The number of nitrogens with one attached hydrogen (secondary N) is 1. The van der Waals surface area contributed by atoms with Crippen molar-refractivity contribution in [3.8, 4) is 11.5 Å². The van der Waals surface area contributed by atoms with E-state index in [0.29, 0.717) is 23.7 Å². The van der Waals surface area contributed by atoms with Crippen LogP contribution in [0.3, 0.4) is 0 Å². The summed E-state index contributed by atoms with van der Waals surface area (Å²) in [6.07, 6.45) is 0.218. The molecule has 6 nitrogen and oxygen atoms in total. The number of rotatable bonds is 10. The van der Waals surface area contributed by atoms with Crippen LogP contribution in [0, 0.1) is 5.92 Å². The maximum Gasteiger partial charge on any atom is 0.247 e. The Kier molecular flexibility index (Phi) is 8.68. The van der Waals surface area contributed by atoms with E-state index in [1.807, 2.05) is 74.5 Å². The SMILES string of the molecule is COc1ccc(NC(=O)C(C(C)C)N(Cc2ccccc2)C(=O)Cc2ccccc2)c(OC)c1.